The summed E-state index contributed by atoms with van der Waals surface area (Å²) in [5, 5.41) is 9.07. The van der Waals surface area contributed by atoms with E-state index in [0.29, 0.717) is 11.3 Å². The summed E-state index contributed by atoms with van der Waals surface area (Å²) in [5.74, 6) is -2.01. The van der Waals surface area contributed by atoms with E-state index in [1.54, 1.807) is 18.2 Å². The fourth-order valence-electron chi connectivity index (χ4n) is 2.40. The number of Topliss-reactive ketones (excluding diaryl/α,β-unsaturated/α-hetero) is 2. The van der Waals surface area contributed by atoms with E-state index in [2.05, 4.69) is 20.9 Å². The minimum absolute atomic E-state index is 0.00547. The second-order valence-corrected chi connectivity index (χ2v) is 5.78. The van der Waals surface area contributed by atoms with E-state index < -0.39 is 17.5 Å². The number of fused-ring (bicyclic) bond motifs is 1. The first-order valence-corrected chi connectivity index (χ1v) is 7.61. The van der Waals surface area contributed by atoms with Crippen molar-refractivity contribution in [2.24, 2.45) is 0 Å². The molecule has 0 saturated heterocycles. The Bertz CT molecular complexity index is 932. The molecule has 24 heavy (non-hydrogen) atoms. The molecule has 1 N–H and O–H groups in total. The van der Waals surface area contributed by atoms with Crippen LogP contribution in [0.3, 0.4) is 0 Å². The van der Waals surface area contributed by atoms with E-state index in [1.165, 1.54) is 25.3 Å². The molecule has 6 nitrogen and oxygen atoms in total. The van der Waals surface area contributed by atoms with Gasteiger partial charge in [-0.2, -0.15) is 0 Å². The number of halogens is 1. The number of carbonyl (C=O) groups excluding carboxylic acids is 2. The lowest BCUT2D eigenvalue weighted by molar-refractivity contribution is 0.0696. The molecule has 0 unspecified atom stereocenters. The molecule has 1 aliphatic rings. The molecule has 0 atom stereocenters. The molecule has 7 heteroatoms. The second kappa shape index (κ2) is 6.01. The molecule has 0 amide bonds. The van der Waals surface area contributed by atoms with Gasteiger partial charge in [0.2, 0.25) is 11.6 Å². The predicted octanol–water partition coefficient (Wildman–Crippen LogP) is 3.08. The summed E-state index contributed by atoms with van der Waals surface area (Å²) in [6.45, 7) is 0. The number of ether oxygens (including phenoxy) is 1. The summed E-state index contributed by atoms with van der Waals surface area (Å²) in [4.78, 5) is 40.0. The maximum absolute atomic E-state index is 12.4. The monoisotopic (exact) mass is 387 g/mol. The van der Waals surface area contributed by atoms with E-state index in [0.717, 1.165) is 0 Å². The summed E-state index contributed by atoms with van der Waals surface area (Å²) in [7, 11) is 1.31. The lowest BCUT2D eigenvalue weighted by Gasteiger charge is -2.16. The topological polar surface area (TPSA) is 93.6 Å². The van der Waals surface area contributed by atoms with Gasteiger partial charge in [0, 0.05) is 5.56 Å². The number of methoxy groups -OCH3 is 1. The number of nitrogens with zero attached hydrogens (tertiary/aromatic N) is 1. The van der Waals surface area contributed by atoms with Gasteiger partial charge in [0.1, 0.15) is 10.2 Å². The zero-order chi connectivity index (χ0) is 17.4. The molecule has 0 saturated carbocycles. The van der Waals surface area contributed by atoms with Crippen molar-refractivity contribution in [3.8, 4) is 11.3 Å². The Hall–Kier alpha value is -2.80. The number of carbonyl (C=O) groups is 3. The Kier molecular flexibility index (Phi) is 4.02. The minimum atomic E-state index is -1.06. The van der Waals surface area contributed by atoms with Crippen molar-refractivity contribution in [3.63, 3.8) is 0 Å². The van der Waals surface area contributed by atoms with Crippen LogP contribution in [0.5, 0.6) is 0 Å². The lowest BCUT2D eigenvalue weighted by Crippen LogP contribution is -2.22. The molecule has 1 aromatic carbocycles. The van der Waals surface area contributed by atoms with Crippen LogP contribution in [0.2, 0.25) is 0 Å². The van der Waals surface area contributed by atoms with Gasteiger partial charge in [-0.15, -0.1) is 0 Å². The third-order valence-electron chi connectivity index (χ3n) is 3.57. The molecule has 120 valence electrons. The Labute approximate surface area is 144 Å². The Morgan fingerprint density at radius 1 is 1.17 bits per heavy atom. The van der Waals surface area contributed by atoms with Gasteiger partial charge in [-0.05, 0) is 40.2 Å². The van der Waals surface area contributed by atoms with Crippen LogP contribution in [-0.2, 0) is 4.74 Å². The van der Waals surface area contributed by atoms with E-state index in [-0.39, 0.29) is 27.1 Å². The Balaban J connectivity index is 2.13. The van der Waals surface area contributed by atoms with E-state index >= 15 is 0 Å². The molecule has 2 aromatic rings. The highest BCUT2D eigenvalue weighted by Gasteiger charge is 2.33. The van der Waals surface area contributed by atoms with Crippen molar-refractivity contribution in [1.82, 2.24) is 4.98 Å². The first kappa shape index (κ1) is 16.1. The molecule has 0 bridgehead atoms. The normalized spacial score (nSPS) is 13.8. The maximum atomic E-state index is 12.4. The van der Waals surface area contributed by atoms with Crippen LogP contribution < -0.4 is 0 Å². The van der Waals surface area contributed by atoms with Crippen molar-refractivity contribution in [3.05, 3.63) is 63.5 Å². The SMILES string of the molecule is COC1=C(Br)C(=O)c2nc(-c3cccc(C(=O)O)c3)ccc2C1=O. The van der Waals surface area contributed by atoms with Gasteiger partial charge in [0.05, 0.1) is 23.9 Å². The summed E-state index contributed by atoms with van der Waals surface area (Å²) in [6, 6.07) is 9.25. The largest absolute Gasteiger partial charge is 0.491 e. The number of hydrogen-bond donors (Lipinski definition) is 1. The molecule has 0 aliphatic heterocycles. The van der Waals surface area contributed by atoms with Gasteiger partial charge in [-0.1, -0.05) is 12.1 Å². The van der Waals surface area contributed by atoms with Crippen molar-refractivity contribution < 1.29 is 24.2 Å². The lowest BCUT2D eigenvalue weighted by atomic mass is 9.96. The number of carboxylic acids is 1. The van der Waals surface area contributed by atoms with Crippen molar-refractivity contribution in [1.29, 1.82) is 0 Å². The molecule has 0 radical (unpaired) electrons. The molecular weight excluding hydrogens is 378 g/mol. The van der Waals surface area contributed by atoms with E-state index in [1.807, 2.05) is 0 Å². The number of aromatic nitrogens is 1. The third kappa shape index (κ3) is 2.52. The number of rotatable bonds is 3. The smallest absolute Gasteiger partial charge is 0.335 e. The van der Waals surface area contributed by atoms with Gasteiger partial charge >= 0.3 is 5.97 Å². The van der Waals surface area contributed by atoms with Crippen LogP contribution in [0, 0.1) is 0 Å². The number of aromatic carboxylic acids is 1. The van der Waals surface area contributed by atoms with E-state index in [9.17, 15) is 14.4 Å². The van der Waals surface area contributed by atoms with Gasteiger partial charge in [0.15, 0.2) is 5.76 Å². The Morgan fingerprint density at radius 2 is 1.92 bits per heavy atom. The number of hydrogen-bond acceptors (Lipinski definition) is 5. The van der Waals surface area contributed by atoms with Crippen LogP contribution in [-0.4, -0.2) is 34.7 Å². The fraction of sp³-hybridized carbons (Fsp3) is 0.0588. The number of ketones is 2. The van der Waals surface area contributed by atoms with Crippen molar-refractivity contribution in [2.75, 3.05) is 7.11 Å². The van der Waals surface area contributed by atoms with E-state index in [4.69, 9.17) is 9.84 Å². The average Bonchev–Trinajstić information content (AvgIpc) is 2.60. The number of pyridine rings is 1. The highest BCUT2D eigenvalue weighted by Crippen LogP contribution is 2.31. The number of benzene rings is 1. The zero-order valence-corrected chi connectivity index (χ0v) is 14.0. The second-order valence-electron chi connectivity index (χ2n) is 4.98. The Morgan fingerprint density at radius 3 is 2.58 bits per heavy atom. The van der Waals surface area contributed by atoms with Gasteiger partial charge in [-0.3, -0.25) is 9.59 Å². The average molecular weight is 388 g/mol. The predicted molar refractivity (Wildman–Crippen MR) is 88.3 cm³/mol. The highest BCUT2D eigenvalue weighted by molar-refractivity contribution is 9.12. The summed E-state index contributed by atoms with van der Waals surface area (Å²) < 4.78 is 4.99. The molecule has 1 heterocycles. The van der Waals surface area contributed by atoms with Crippen molar-refractivity contribution in [2.45, 2.75) is 0 Å². The highest BCUT2D eigenvalue weighted by atomic mass is 79.9. The zero-order valence-electron chi connectivity index (χ0n) is 12.4. The van der Waals surface area contributed by atoms with Crippen LogP contribution in [0.1, 0.15) is 31.2 Å². The minimum Gasteiger partial charge on any atom is -0.491 e. The van der Waals surface area contributed by atoms with Crippen LogP contribution in [0.4, 0.5) is 0 Å². The summed E-state index contributed by atoms with van der Waals surface area (Å²) in [6.07, 6.45) is 0. The standard InChI is InChI=1S/C17H10BrNO5/c1-24-16-12(18)15(21)13-10(14(16)20)5-6-11(19-13)8-3-2-4-9(7-8)17(22)23/h2-7H,1H3,(H,22,23). The molecule has 1 aromatic heterocycles. The molecule has 0 fully saturated rings. The molecule has 1 aliphatic carbocycles. The van der Waals surface area contributed by atoms with Crippen molar-refractivity contribution >= 4 is 33.5 Å². The van der Waals surface area contributed by atoms with Crippen LogP contribution in [0.15, 0.2) is 46.6 Å². The third-order valence-corrected chi connectivity index (χ3v) is 4.29. The van der Waals surface area contributed by atoms with Gasteiger partial charge in [-0.25, -0.2) is 9.78 Å². The van der Waals surface area contributed by atoms with Gasteiger partial charge < -0.3 is 9.84 Å². The van der Waals surface area contributed by atoms with Gasteiger partial charge in [0.25, 0.3) is 0 Å². The number of carboxylic acid groups (broad SMARTS) is 1. The first-order chi connectivity index (χ1) is 11.4. The quantitative estimate of drug-likeness (QED) is 0.869. The molecule has 0 spiro atoms. The molecular formula is C17H10BrNO5. The molecule has 3 rings (SSSR count). The first-order valence-electron chi connectivity index (χ1n) is 6.82. The number of allylic oxidation sites excluding steroid dienone is 2. The van der Waals surface area contributed by atoms with Crippen LogP contribution >= 0.6 is 15.9 Å². The fourth-order valence-corrected chi connectivity index (χ4v) is 2.93. The summed E-state index contributed by atoms with van der Waals surface area (Å²) >= 11 is 3.07. The maximum Gasteiger partial charge on any atom is 0.335 e. The van der Waals surface area contributed by atoms with Crippen LogP contribution in [0.25, 0.3) is 11.3 Å². The summed E-state index contributed by atoms with van der Waals surface area (Å²) in [5.41, 5.74) is 1.20.